The van der Waals surface area contributed by atoms with Crippen LogP contribution in [0.4, 0.5) is 0 Å². The molecule has 0 aliphatic carbocycles. The predicted octanol–water partition coefficient (Wildman–Crippen LogP) is 25.8. The van der Waals surface area contributed by atoms with Crippen LogP contribution in [0.1, 0.15) is 0 Å². The van der Waals surface area contributed by atoms with Crippen molar-refractivity contribution in [3.63, 3.8) is 0 Å². The molecule has 44 heteroatoms. The van der Waals surface area contributed by atoms with Gasteiger partial charge in [0, 0.05) is 0 Å². The Morgan fingerprint density at radius 1 is 0.182 bits per heavy atom. The average Bonchev–Trinajstić information content (AvgIpc) is 2.80. The second-order valence-electron chi connectivity index (χ2n) is 6.88. The van der Waals surface area contributed by atoms with E-state index in [1.54, 1.807) is 0 Å². The molecule has 24 atom stereocenters. The summed E-state index contributed by atoms with van der Waals surface area (Å²) in [5, 5.41) is 0. The maximum absolute atomic E-state index is 4.75. The minimum Gasteiger partial charge on any atom is -0.515 e. The van der Waals surface area contributed by atoms with Crippen molar-refractivity contribution in [1.82, 2.24) is 0 Å². The fourth-order valence-electron chi connectivity index (χ4n) is 2.48. The van der Waals surface area contributed by atoms with Gasteiger partial charge in [0.25, 0.3) is 0 Å². The van der Waals surface area contributed by atoms with Crippen LogP contribution in [0.3, 0.4) is 0 Å². The molecule has 0 saturated heterocycles. The highest BCUT2D eigenvalue weighted by atomic mass is 33.6. The van der Waals surface area contributed by atoms with E-state index in [9.17, 15) is 0 Å². The summed E-state index contributed by atoms with van der Waals surface area (Å²) in [5.74, 6) is 0. The molecular formula is H45P44-. The van der Waals surface area contributed by atoms with Gasteiger partial charge in [-0.25, -0.2) is 6.99 Å². The SMILES string of the molecule is [PH-]P(P(P)P)P(P(P(P)P)P(P)P)P(P(P(P(P)P)P(P)P)P(P(P)P)P(P)P)P(P(P(P)P)P(P)P)P(P(P)P)P(P)P. The Labute approximate surface area is 347 Å². The first-order valence-electron chi connectivity index (χ1n) is 9.90. The number of rotatable bonds is 20. The summed E-state index contributed by atoms with van der Waals surface area (Å²) in [6, 6.07) is 0. The van der Waals surface area contributed by atoms with Gasteiger partial charge in [-0.1, -0.05) is 6.99 Å². The monoisotopic (exact) mass is 1410 g/mol. The molecule has 0 spiro atoms. The summed E-state index contributed by atoms with van der Waals surface area (Å²) in [6.07, 6.45) is 0. The molecule has 0 N–H and O–H groups in total. The van der Waals surface area contributed by atoms with E-state index in [0.717, 1.165) is 0 Å². The average molecular weight is 1410 g/mol. The van der Waals surface area contributed by atoms with Gasteiger partial charge in [0.2, 0.25) is 0 Å². The third kappa shape index (κ3) is 22.4. The van der Waals surface area contributed by atoms with Crippen molar-refractivity contribution < 1.29 is 0 Å². The molecule has 0 aliphatic heterocycles. The quantitative estimate of drug-likeness (QED) is 0.107. The number of hydrogen-bond acceptors (Lipinski definition) is 0. The van der Waals surface area contributed by atoms with Gasteiger partial charge in [-0.3, -0.25) is 0 Å². The van der Waals surface area contributed by atoms with Crippen LogP contribution in [0, 0.1) is 0 Å². The zero-order valence-corrected chi connectivity index (χ0v) is 67.8. The van der Waals surface area contributed by atoms with Crippen molar-refractivity contribution in [3.05, 3.63) is 0 Å². The van der Waals surface area contributed by atoms with Crippen molar-refractivity contribution in [2.24, 2.45) is 0 Å². The van der Waals surface area contributed by atoms with E-state index in [1.807, 2.05) is 0 Å². The second-order valence-corrected chi connectivity index (χ2v) is 186. The van der Waals surface area contributed by atoms with Gasteiger partial charge < -0.3 is 8.93 Å². The van der Waals surface area contributed by atoms with E-state index in [4.69, 9.17) is 8.93 Å². The van der Waals surface area contributed by atoms with Gasteiger partial charge in [0.05, 0.1) is 0 Å². The van der Waals surface area contributed by atoms with Crippen molar-refractivity contribution in [3.8, 4) is 0 Å². The van der Waals surface area contributed by atoms with Gasteiger partial charge in [-0.05, 0) is 133 Å². The molecular weight excluding hydrogens is 1360 g/mol. The van der Waals surface area contributed by atoms with Crippen LogP contribution in [-0.4, -0.2) is 0 Å². The fourth-order valence-corrected chi connectivity index (χ4v) is 603. The van der Waals surface area contributed by atoms with Gasteiger partial charge in [-0.2, -0.15) is 0 Å². The molecule has 0 radical (unpaired) electrons. The molecule has 44 heavy (non-hydrogen) atoms. The first kappa shape index (κ1) is 62.9. The summed E-state index contributed by atoms with van der Waals surface area (Å²) < 4.78 is 0. The minimum absolute atomic E-state index is 0.0942. The molecule has 266 valence electrons. The van der Waals surface area contributed by atoms with Gasteiger partial charge in [0.15, 0.2) is 0 Å². The first-order valence-corrected chi connectivity index (χ1v) is 89.1. The Hall–Kier alpha value is 18.9. The summed E-state index contributed by atoms with van der Waals surface area (Å²) >= 11 is 0. The Bertz CT molecular complexity index is 607. The highest BCUT2D eigenvalue weighted by molar-refractivity contribution is 9.50. The van der Waals surface area contributed by atoms with Crippen LogP contribution in [0.2, 0.25) is 0 Å². The van der Waals surface area contributed by atoms with E-state index in [0.29, 0.717) is 0 Å². The molecule has 0 aromatic carbocycles. The van der Waals surface area contributed by atoms with Crippen molar-refractivity contribution in [2.45, 2.75) is 0 Å². The third-order valence-electron chi connectivity index (χ3n) is 3.73. The normalized spacial score (nSPS) is 15.7. The van der Waals surface area contributed by atoms with Crippen LogP contribution >= 0.6 is 352 Å². The van der Waals surface area contributed by atoms with Crippen LogP contribution in [-0.2, 0) is 0 Å². The summed E-state index contributed by atoms with van der Waals surface area (Å²) in [5.41, 5.74) is 0. The molecule has 24 unspecified atom stereocenters. The summed E-state index contributed by atoms with van der Waals surface area (Å²) in [6.45, 7) is -3.08. The molecule has 0 bridgehead atoms. The Balaban J connectivity index is 8.85. The Morgan fingerprint density at radius 3 is 0.455 bits per heavy atom. The molecule has 0 nitrogen and oxygen atoms in total. The molecule has 0 saturated carbocycles. The van der Waals surface area contributed by atoms with Crippen LogP contribution < -0.4 is 0 Å². The second kappa shape index (κ2) is 34.2. The highest BCUT2D eigenvalue weighted by Gasteiger charge is 2.55. The van der Waals surface area contributed by atoms with E-state index in [2.05, 4.69) is 196 Å². The molecule has 0 rings (SSSR count). The number of hydrogen-bond donors (Lipinski definition) is 0. The maximum Gasteiger partial charge on any atom is -0.000433 e. The third-order valence-corrected chi connectivity index (χ3v) is 302. The summed E-state index contributed by atoms with van der Waals surface area (Å²) in [4.78, 5) is 0. The highest BCUT2D eigenvalue weighted by Crippen LogP contribution is 3.44. The van der Waals surface area contributed by atoms with Gasteiger partial charge >= 0.3 is 0 Å². The molecule has 0 aromatic rings. The van der Waals surface area contributed by atoms with Crippen LogP contribution in [0.5, 0.6) is 0 Å². The minimum atomic E-state index is -0.244. The van der Waals surface area contributed by atoms with Crippen molar-refractivity contribution >= 4 is 352 Å². The van der Waals surface area contributed by atoms with E-state index < -0.39 is 0 Å². The molecule has 0 aromatic heterocycles. The smallest absolute Gasteiger partial charge is 0.000433 e. The molecule has 0 heterocycles. The van der Waals surface area contributed by atoms with Crippen molar-refractivity contribution in [2.75, 3.05) is 0 Å². The summed E-state index contributed by atoms with van der Waals surface area (Å²) in [7, 11) is 79.7. The van der Waals surface area contributed by atoms with Crippen molar-refractivity contribution in [1.29, 1.82) is 0 Å². The lowest BCUT2D eigenvalue weighted by Crippen LogP contribution is -1.69. The topological polar surface area (TPSA) is 0 Å². The van der Waals surface area contributed by atoms with E-state index >= 15 is 0 Å². The predicted molar refractivity (Wildman–Crippen MR) is 367 cm³/mol. The molecule has 0 fully saturated rings. The zero-order chi connectivity index (χ0) is 35.1. The molecule has 0 amide bonds. The fraction of sp³-hybridized carbons (Fsp3) is 0. The van der Waals surface area contributed by atoms with Gasteiger partial charge in [-0.15, -0.1) is 196 Å². The Morgan fingerprint density at radius 2 is 0.318 bits per heavy atom. The van der Waals surface area contributed by atoms with Crippen LogP contribution in [0.25, 0.3) is 0 Å². The van der Waals surface area contributed by atoms with Crippen LogP contribution in [0.15, 0.2) is 0 Å². The van der Waals surface area contributed by atoms with Gasteiger partial charge in [0.1, 0.15) is 0 Å². The Kier molecular flexibility index (Phi) is 49.0. The lowest BCUT2D eigenvalue weighted by molar-refractivity contribution is 4.37. The first-order chi connectivity index (χ1) is 19.9. The lowest BCUT2D eigenvalue weighted by atomic mass is 28.4. The molecule has 0 aliphatic rings. The lowest BCUT2D eigenvalue weighted by Gasteiger charge is -2.59. The van der Waals surface area contributed by atoms with E-state index in [-0.39, 0.29) is 147 Å². The zero-order valence-electron chi connectivity index (χ0n) is 22.6. The van der Waals surface area contributed by atoms with E-state index in [1.165, 1.54) is 0 Å². The maximum atomic E-state index is 4.75. The standard InChI is InChI=1S/H45P44/c1-24(2)35(23)41(36(25(3)4)26(5)6)44(42(37(27(7)8)28(9)10)38(29(11)12)30(13)14)43(39(31(15)16)32(17)18)40(33(19)20)34(21)22/h23H,1-22H2/q-1. The largest absolute Gasteiger partial charge is 0.515 e.